The Morgan fingerprint density at radius 3 is 2.43 bits per heavy atom. The van der Waals surface area contributed by atoms with Crippen molar-refractivity contribution in [2.75, 3.05) is 26.2 Å². The van der Waals surface area contributed by atoms with Crippen molar-refractivity contribution in [3.8, 4) is 0 Å². The van der Waals surface area contributed by atoms with Gasteiger partial charge in [-0.3, -0.25) is 9.59 Å². The van der Waals surface area contributed by atoms with Gasteiger partial charge in [-0.05, 0) is 112 Å². The fourth-order valence-electron chi connectivity index (χ4n) is 9.38. The van der Waals surface area contributed by atoms with Gasteiger partial charge in [-0.25, -0.2) is 0 Å². The van der Waals surface area contributed by atoms with Gasteiger partial charge in [-0.2, -0.15) is 0 Å². The van der Waals surface area contributed by atoms with Gasteiger partial charge in [-0.1, -0.05) is 64.5 Å². The van der Waals surface area contributed by atoms with Gasteiger partial charge in [0.1, 0.15) is 6.10 Å². The summed E-state index contributed by atoms with van der Waals surface area (Å²) in [5, 5.41) is 0. The highest BCUT2D eigenvalue weighted by molar-refractivity contribution is 5.81. The molecule has 42 heavy (non-hydrogen) atoms. The molecule has 6 nitrogen and oxygen atoms in total. The van der Waals surface area contributed by atoms with E-state index in [9.17, 15) is 9.59 Å². The second kappa shape index (κ2) is 16.6. The van der Waals surface area contributed by atoms with E-state index < -0.39 is 0 Å². The zero-order valence-electron chi connectivity index (χ0n) is 27.2. The first-order chi connectivity index (χ1) is 20.3. The molecule has 0 aliphatic heterocycles. The highest BCUT2D eigenvalue weighted by atomic mass is 16.5. The van der Waals surface area contributed by atoms with Gasteiger partial charge < -0.3 is 21.1 Å². The smallest absolute Gasteiger partial charge is 0.306 e. The van der Waals surface area contributed by atoms with Crippen LogP contribution in [0.3, 0.4) is 0 Å². The summed E-state index contributed by atoms with van der Waals surface area (Å²) in [4.78, 5) is 27.7. The minimum Gasteiger partial charge on any atom is -0.462 e. The average Bonchev–Trinajstić information content (AvgIpc) is 3.46. The summed E-state index contributed by atoms with van der Waals surface area (Å²) < 4.78 is 6.06. The molecule has 6 heteroatoms. The molecule has 0 bridgehead atoms. The van der Waals surface area contributed by atoms with Gasteiger partial charge in [0.05, 0.1) is 6.42 Å². The molecular weight excluding hydrogens is 522 g/mol. The van der Waals surface area contributed by atoms with Crippen LogP contribution in [0.25, 0.3) is 0 Å². The summed E-state index contributed by atoms with van der Waals surface area (Å²) in [6.45, 7) is 9.74. The normalized spacial score (nSPS) is 31.1. The van der Waals surface area contributed by atoms with Gasteiger partial charge in [0.15, 0.2) is 0 Å². The standard InChI is InChI=1S/C36H63N3O3/c1-25(2)9-6-10-26(3)33-24-28-23-29(14-16-30(28)32-15-13-27-11-7-12-31(27)36(32)33)42-35(41)18-17-34(40)39(22-8-20-38)21-5-4-19-37/h24-27,29-33,36H,4-23,37-38H2,1-3H3/t26-,27?,29?,30?,31?,32?,33?,36?/m1/s1. The number of ether oxygens (including phenoxy) is 1. The first-order valence-electron chi connectivity index (χ1n) is 17.9. The van der Waals surface area contributed by atoms with Crippen LogP contribution in [0.15, 0.2) is 11.6 Å². The van der Waals surface area contributed by atoms with Crippen LogP contribution in [-0.4, -0.2) is 49.1 Å². The fourth-order valence-corrected chi connectivity index (χ4v) is 9.38. The maximum atomic E-state index is 12.9. The van der Waals surface area contributed by atoms with Crippen LogP contribution in [0.1, 0.15) is 124 Å². The fraction of sp³-hybridized carbons (Fsp3) is 0.889. The molecule has 0 aromatic rings. The number of carbonyl (C=O) groups is 2. The maximum Gasteiger partial charge on any atom is 0.306 e. The average molecular weight is 586 g/mol. The van der Waals surface area contributed by atoms with Crippen molar-refractivity contribution in [1.29, 1.82) is 0 Å². The monoisotopic (exact) mass is 585 g/mol. The first-order valence-corrected chi connectivity index (χ1v) is 17.9. The van der Waals surface area contributed by atoms with Gasteiger partial charge in [-0.15, -0.1) is 0 Å². The molecule has 3 fully saturated rings. The van der Waals surface area contributed by atoms with Crippen LogP contribution in [0.4, 0.5) is 0 Å². The van der Waals surface area contributed by atoms with Crippen molar-refractivity contribution in [2.24, 2.45) is 58.8 Å². The Labute approximate surface area is 257 Å². The lowest BCUT2D eigenvalue weighted by atomic mass is 9.52. The number of unbranched alkanes of at least 4 members (excludes halogenated alkanes) is 1. The van der Waals surface area contributed by atoms with Gasteiger partial charge in [0.25, 0.3) is 0 Å². The lowest BCUT2D eigenvalue weighted by Crippen LogP contribution is -2.46. The third-order valence-corrected chi connectivity index (χ3v) is 11.5. The summed E-state index contributed by atoms with van der Waals surface area (Å²) in [6, 6.07) is 0. The second-order valence-electron chi connectivity index (χ2n) is 14.8. The molecule has 8 atom stereocenters. The number of hydrogen-bond acceptors (Lipinski definition) is 5. The van der Waals surface area contributed by atoms with E-state index in [1.807, 2.05) is 4.90 Å². The van der Waals surface area contributed by atoms with E-state index in [2.05, 4.69) is 26.8 Å². The van der Waals surface area contributed by atoms with Crippen molar-refractivity contribution < 1.29 is 14.3 Å². The SMILES string of the molecule is CC(C)CCC[C@@H](C)C1C=C2CC(OC(=O)CCC(=O)N(CCCN)CCCCN)CCC2C2CCC3CCCC3C21. The number of esters is 1. The Morgan fingerprint density at radius 2 is 1.67 bits per heavy atom. The Hall–Kier alpha value is -1.40. The maximum absolute atomic E-state index is 12.9. The van der Waals surface area contributed by atoms with Crippen molar-refractivity contribution in [1.82, 2.24) is 4.90 Å². The third-order valence-electron chi connectivity index (χ3n) is 11.5. The lowest BCUT2D eigenvalue weighted by molar-refractivity contribution is -0.152. The van der Waals surface area contributed by atoms with Crippen molar-refractivity contribution in [2.45, 2.75) is 130 Å². The van der Waals surface area contributed by atoms with Crippen LogP contribution >= 0.6 is 0 Å². The number of nitrogens with zero attached hydrogens (tertiary/aromatic N) is 1. The highest BCUT2D eigenvalue weighted by Crippen LogP contribution is 2.59. The molecule has 4 rings (SSSR count). The van der Waals surface area contributed by atoms with Crippen LogP contribution < -0.4 is 11.5 Å². The summed E-state index contributed by atoms with van der Waals surface area (Å²) in [6.07, 6.45) is 19.8. The minimum absolute atomic E-state index is 0.0268. The predicted octanol–water partition coefficient (Wildman–Crippen LogP) is 6.86. The Bertz CT molecular complexity index is 888. The summed E-state index contributed by atoms with van der Waals surface area (Å²) in [5.41, 5.74) is 12.9. The molecule has 0 heterocycles. The van der Waals surface area contributed by atoms with Crippen LogP contribution in [0.2, 0.25) is 0 Å². The molecule has 0 saturated heterocycles. The van der Waals surface area contributed by atoms with E-state index in [1.54, 1.807) is 5.57 Å². The molecule has 0 radical (unpaired) electrons. The number of nitrogens with two attached hydrogens (primary N) is 2. The van der Waals surface area contributed by atoms with E-state index in [1.165, 1.54) is 51.4 Å². The van der Waals surface area contributed by atoms with Crippen LogP contribution in [0.5, 0.6) is 0 Å². The molecule has 4 aliphatic rings. The molecule has 240 valence electrons. The molecular formula is C36H63N3O3. The van der Waals surface area contributed by atoms with Gasteiger partial charge in [0, 0.05) is 25.9 Å². The predicted molar refractivity (Wildman–Crippen MR) is 171 cm³/mol. The van der Waals surface area contributed by atoms with Crippen molar-refractivity contribution in [3.05, 3.63) is 11.6 Å². The van der Waals surface area contributed by atoms with Crippen molar-refractivity contribution >= 4 is 11.9 Å². The summed E-state index contributed by atoms with van der Waals surface area (Å²) >= 11 is 0. The lowest BCUT2D eigenvalue weighted by Gasteiger charge is -2.53. The topological polar surface area (TPSA) is 98.7 Å². The highest BCUT2D eigenvalue weighted by Gasteiger charge is 2.51. The molecule has 7 unspecified atom stereocenters. The quantitative estimate of drug-likeness (QED) is 0.117. The molecule has 4 aliphatic carbocycles. The largest absolute Gasteiger partial charge is 0.462 e. The van der Waals surface area contributed by atoms with Crippen molar-refractivity contribution in [3.63, 3.8) is 0 Å². The number of fused-ring (bicyclic) bond motifs is 5. The summed E-state index contributed by atoms with van der Waals surface area (Å²) in [7, 11) is 0. The number of carbonyl (C=O) groups excluding carboxylic acids is 2. The van der Waals surface area contributed by atoms with E-state index >= 15 is 0 Å². The van der Waals surface area contributed by atoms with E-state index in [4.69, 9.17) is 16.2 Å². The van der Waals surface area contributed by atoms with E-state index in [-0.39, 0.29) is 30.8 Å². The number of allylic oxidation sites excluding steroid dienone is 1. The third kappa shape index (κ3) is 8.83. The van der Waals surface area contributed by atoms with E-state index in [0.29, 0.717) is 38.0 Å². The van der Waals surface area contributed by atoms with Gasteiger partial charge in [0.2, 0.25) is 5.91 Å². The number of rotatable bonds is 16. The Morgan fingerprint density at radius 1 is 0.881 bits per heavy atom. The van der Waals surface area contributed by atoms with Crippen LogP contribution in [-0.2, 0) is 14.3 Å². The van der Waals surface area contributed by atoms with E-state index in [0.717, 1.165) is 74.0 Å². The molecule has 0 aromatic carbocycles. The Kier molecular flexibility index (Phi) is 13.2. The number of amides is 1. The molecule has 4 N–H and O–H groups in total. The zero-order chi connectivity index (χ0) is 30.1. The summed E-state index contributed by atoms with van der Waals surface area (Å²) in [5.74, 6) is 6.30. The second-order valence-corrected chi connectivity index (χ2v) is 14.8. The molecule has 1 amide bonds. The molecule has 3 saturated carbocycles. The first kappa shape index (κ1) is 33.5. The Balaban J connectivity index is 1.36. The number of hydrogen-bond donors (Lipinski definition) is 2. The molecule has 0 spiro atoms. The van der Waals surface area contributed by atoms with Crippen LogP contribution in [0, 0.1) is 47.3 Å². The zero-order valence-corrected chi connectivity index (χ0v) is 27.2. The minimum atomic E-state index is -0.216. The molecule has 0 aromatic heterocycles. The van der Waals surface area contributed by atoms with Gasteiger partial charge >= 0.3 is 5.97 Å².